The van der Waals surface area contributed by atoms with Crippen LogP contribution < -0.4 is 10.6 Å². The summed E-state index contributed by atoms with van der Waals surface area (Å²) in [6, 6.07) is 10.3. The van der Waals surface area contributed by atoms with Crippen LogP contribution in [0.2, 0.25) is 0 Å². The second-order valence-corrected chi connectivity index (χ2v) is 9.16. The van der Waals surface area contributed by atoms with Crippen LogP contribution in [0, 0.1) is 5.92 Å². The fourth-order valence-electron chi connectivity index (χ4n) is 4.40. The highest BCUT2D eigenvalue weighted by Crippen LogP contribution is 2.59. The lowest BCUT2D eigenvalue weighted by molar-refractivity contribution is -0.115. The van der Waals surface area contributed by atoms with E-state index in [4.69, 9.17) is 4.74 Å². The van der Waals surface area contributed by atoms with Gasteiger partial charge in [0.2, 0.25) is 5.91 Å². The average Bonchev–Trinajstić information content (AvgIpc) is 3.08. The molecular weight excluding hydrogens is 412 g/mol. The highest BCUT2D eigenvalue weighted by molar-refractivity contribution is 7.14. The Morgan fingerprint density at radius 2 is 2.26 bits per heavy atom. The summed E-state index contributed by atoms with van der Waals surface area (Å²) in [7, 11) is 1.84. The van der Waals surface area contributed by atoms with Crippen LogP contribution in [0.1, 0.15) is 28.8 Å². The zero-order valence-electron chi connectivity index (χ0n) is 17.3. The number of ether oxygens (including phenoxy) is 1. The first kappa shape index (κ1) is 20.0. The molecule has 2 atom stereocenters. The third kappa shape index (κ3) is 4.00. The van der Waals surface area contributed by atoms with Crippen LogP contribution in [0.25, 0.3) is 11.3 Å². The number of anilines is 1. The molecule has 2 aliphatic rings. The van der Waals surface area contributed by atoms with Gasteiger partial charge in [-0.2, -0.15) is 0 Å². The summed E-state index contributed by atoms with van der Waals surface area (Å²) < 4.78 is 7.39. The van der Waals surface area contributed by atoms with Crippen molar-refractivity contribution in [3.63, 3.8) is 0 Å². The number of amides is 2. The van der Waals surface area contributed by atoms with Gasteiger partial charge >= 0.3 is 0 Å². The molecule has 2 aromatic heterocycles. The van der Waals surface area contributed by atoms with Crippen LogP contribution in [-0.4, -0.2) is 41.1 Å². The van der Waals surface area contributed by atoms with E-state index in [1.165, 1.54) is 23.3 Å². The maximum atomic E-state index is 12.2. The molecule has 2 amide bonds. The predicted molar refractivity (Wildman–Crippen MR) is 119 cm³/mol. The van der Waals surface area contributed by atoms with Crippen LogP contribution in [0.5, 0.6) is 0 Å². The molecule has 31 heavy (non-hydrogen) atoms. The van der Waals surface area contributed by atoms with Gasteiger partial charge in [-0.05, 0) is 36.5 Å². The number of benzene rings is 1. The monoisotopic (exact) mass is 436 g/mol. The van der Waals surface area contributed by atoms with E-state index in [0.29, 0.717) is 16.6 Å². The van der Waals surface area contributed by atoms with Crippen LogP contribution >= 0.6 is 11.3 Å². The second kappa shape index (κ2) is 7.94. The minimum Gasteiger partial charge on any atom is -0.381 e. The van der Waals surface area contributed by atoms with Gasteiger partial charge in [-0.1, -0.05) is 18.2 Å². The zero-order chi connectivity index (χ0) is 21.4. The van der Waals surface area contributed by atoms with Crippen molar-refractivity contribution < 1.29 is 14.3 Å². The Morgan fingerprint density at radius 1 is 1.35 bits per heavy atom. The molecule has 2 fully saturated rings. The second-order valence-electron chi connectivity index (χ2n) is 8.30. The van der Waals surface area contributed by atoms with Gasteiger partial charge in [0.05, 0.1) is 24.4 Å². The van der Waals surface area contributed by atoms with Gasteiger partial charge in [0.25, 0.3) is 5.91 Å². The van der Waals surface area contributed by atoms with Crippen molar-refractivity contribution in [2.24, 2.45) is 13.0 Å². The number of rotatable bonds is 6. The van der Waals surface area contributed by atoms with Gasteiger partial charge in [-0.3, -0.25) is 9.59 Å². The number of carbonyl (C=O) groups excluding carboxylic acids is 2. The molecule has 0 radical (unpaired) electrons. The number of nitrogens with one attached hydrogen (secondary N) is 2. The average molecular weight is 437 g/mol. The zero-order valence-corrected chi connectivity index (χ0v) is 18.1. The highest BCUT2D eigenvalue weighted by Gasteiger charge is 2.56. The Hall–Kier alpha value is -2.97. The van der Waals surface area contributed by atoms with E-state index >= 15 is 0 Å². The SMILES string of the molecule is Cn1ccc(C(=O)NCC(=O)Nc2nc(-c3cccc(C45CCOCC4C5)c3)cs2)c1. The first-order valence-electron chi connectivity index (χ1n) is 10.4. The smallest absolute Gasteiger partial charge is 0.253 e. The number of hydrogen-bond donors (Lipinski definition) is 2. The topological polar surface area (TPSA) is 85.3 Å². The Balaban J connectivity index is 1.21. The molecule has 7 nitrogen and oxygen atoms in total. The van der Waals surface area contributed by atoms with Gasteiger partial charge in [0.1, 0.15) is 0 Å². The van der Waals surface area contributed by atoms with E-state index in [9.17, 15) is 9.59 Å². The summed E-state index contributed by atoms with van der Waals surface area (Å²) >= 11 is 1.38. The fraction of sp³-hybridized carbons (Fsp3) is 0.348. The largest absolute Gasteiger partial charge is 0.381 e. The molecule has 1 aliphatic heterocycles. The van der Waals surface area contributed by atoms with Crippen LogP contribution in [0.15, 0.2) is 48.1 Å². The van der Waals surface area contributed by atoms with E-state index in [0.717, 1.165) is 30.9 Å². The minimum atomic E-state index is -0.305. The predicted octanol–water partition coefficient (Wildman–Crippen LogP) is 3.20. The van der Waals surface area contributed by atoms with E-state index in [2.05, 4.69) is 39.9 Å². The Bertz CT molecular complexity index is 1140. The molecular formula is C23H24N4O3S. The fourth-order valence-corrected chi connectivity index (χ4v) is 5.13. The Morgan fingerprint density at radius 3 is 3.06 bits per heavy atom. The van der Waals surface area contributed by atoms with Crippen molar-refractivity contribution in [2.75, 3.05) is 25.1 Å². The van der Waals surface area contributed by atoms with Crippen LogP contribution in [0.4, 0.5) is 5.13 Å². The van der Waals surface area contributed by atoms with Crippen molar-refractivity contribution in [1.29, 1.82) is 0 Å². The number of carbonyl (C=O) groups is 2. The summed E-state index contributed by atoms with van der Waals surface area (Å²) in [5.74, 6) is 0.0481. The molecule has 1 aliphatic carbocycles. The molecule has 2 N–H and O–H groups in total. The molecule has 3 heterocycles. The van der Waals surface area contributed by atoms with Crippen molar-refractivity contribution in [2.45, 2.75) is 18.3 Å². The van der Waals surface area contributed by atoms with Gasteiger partial charge < -0.3 is 19.9 Å². The summed E-state index contributed by atoms with van der Waals surface area (Å²) in [6.45, 7) is 1.58. The normalized spacial score (nSPS) is 21.9. The molecule has 0 bridgehead atoms. The first-order valence-corrected chi connectivity index (χ1v) is 11.3. The van der Waals surface area contributed by atoms with Crippen molar-refractivity contribution in [3.05, 3.63) is 59.2 Å². The van der Waals surface area contributed by atoms with Crippen LogP contribution in [-0.2, 0) is 22.0 Å². The number of thiazole rings is 1. The lowest BCUT2D eigenvalue weighted by Crippen LogP contribution is -2.32. The van der Waals surface area contributed by atoms with E-state index < -0.39 is 0 Å². The van der Waals surface area contributed by atoms with Crippen molar-refractivity contribution in [3.8, 4) is 11.3 Å². The molecule has 1 saturated carbocycles. The third-order valence-corrected chi connectivity index (χ3v) is 6.99. The summed E-state index contributed by atoms with van der Waals surface area (Å²) in [5.41, 5.74) is 4.06. The number of aryl methyl sites for hydroxylation is 1. The van der Waals surface area contributed by atoms with E-state index in [-0.39, 0.29) is 23.8 Å². The first-order chi connectivity index (χ1) is 15.0. The number of fused-ring (bicyclic) bond motifs is 1. The Kier molecular flexibility index (Phi) is 5.11. The third-order valence-electron chi connectivity index (χ3n) is 6.23. The van der Waals surface area contributed by atoms with Gasteiger partial charge in [-0.25, -0.2) is 4.98 Å². The summed E-state index contributed by atoms with van der Waals surface area (Å²) in [5, 5.41) is 7.86. The summed E-state index contributed by atoms with van der Waals surface area (Å²) in [6.07, 6.45) is 5.77. The molecule has 160 valence electrons. The van der Waals surface area contributed by atoms with Crippen molar-refractivity contribution in [1.82, 2.24) is 14.9 Å². The van der Waals surface area contributed by atoms with E-state index in [1.807, 2.05) is 12.4 Å². The molecule has 1 saturated heterocycles. The highest BCUT2D eigenvalue weighted by atomic mass is 32.1. The number of hydrogen-bond acceptors (Lipinski definition) is 5. The summed E-state index contributed by atoms with van der Waals surface area (Å²) in [4.78, 5) is 28.9. The van der Waals surface area contributed by atoms with Crippen LogP contribution in [0.3, 0.4) is 0 Å². The maximum Gasteiger partial charge on any atom is 0.253 e. The molecule has 3 aromatic rings. The maximum absolute atomic E-state index is 12.2. The number of nitrogens with zero attached hydrogens (tertiary/aromatic N) is 2. The van der Waals surface area contributed by atoms with Gasteiger partial charge in [0.15, 0.2) is 5.13 Å². The lowest BCUT2D eigenvalue weighted by Gasteiger charge is -2.23. The quantitative estimate of drug-likeness (QED) is 0.622. The van der Waals surface area contributed by atoms with Gasteiger partial charge in [0, 0.05) is 42.4 Å². The number of aromatic nitrogens is 2. The molecule has 0 spiro atoms. The molecule has 8 heteroatoms. The molecule has 2 unspecified atom stereocenters. The molecule has 5 rings (SSSR count). The lowest BCUT2D eigenvalue weighted by atomic mass is 9.88. The standard InChI is InChI=1S/C23H24N4O3S/c1-27-7-5-16(12-27)21(29)24-11-20(28)26-22-25-19(14-31-22)15-3-2-4-17(9-15)23-6-8-30-13-18(23)10-23/h2-5,7,9,12,14,18H,6,8,10-11,13H2,1H3,(H,24,29)(H,25,26,28). The van der Waals surface area contributed by atoms with E-state index in [1.54, 1.807) is 23.0 Å². The van der Waals surface area contributed by atoms with Gasteiger partial charge in [-0.15, -0.1) is 11.3 Å². The Labute approximate surface area is 184 Å². The minimum absolute atomic E-state index is 0.107. The van der Waals surface area contributed by atoms with Crippen molar-refractivity contribution >= 4 is 28.3 Å². The molecule has 1 aromatic carbocycles.